The average Bonchev–Trinajstić information content (AvgIpc) is 3.01. The number of piperidine rings is 1. The van der Waals surface area contributed by atoms with Crippen LogP contribution in [0.5, 0.6) is 0 Å². The molecule has 2 aliphatic heterocycles. The molecule has 0 aliphatic carbocycles. The van der Waals surface area contributed by atoms with Crippen LogP contribution in [0.3, 0.4) is 0 Å². The van der Waals surface area contributed by atoms with Crippen molar-refractivity contribution in [2.24, 2.45) is 7.05 Å². The SMILES string of the molecule is CCCN(Cc1cc(CC)nn1C)C1CC2CCC(C1)N2. The Morgan fingerprint density at radius 3 is 2.57 bits per heavy atom. The molecule has 118 valence electrons. The monoisotopic (exact) mass is 290 g/mol. The Kier molecular flexibility index (Phi) is 4.65. The first-order valence-electron chi connectivity index (χ1n) is 8.71. The quantitative estimate of drug-likeness (QED) is 0.874. The van der Waals surface area contributed by atoms with E-state index in [2.05, 4.69) is 47.0 Å². The zero-order chi connectivity index (χ0) is 14.8. The second-order valence-electron chi connectivity index (χ2n) is 6.84. The molecule has 1 N–H and O–H groups in total. The number of nitrogens with one attached hydrogen (secondary N) is 1. The Morgan fingerprint density at radius 1 is 1.29 bits per heavy atom. The number of hydrogen-bond donors (Lipinski definition) is 1. The third-order valence-corrected chi connectivity index (χ3v) is 5.23. The van der Waals surface area contributed by atoms with E-state index in [1.54, 1.807) is 0 Å². The first kappa shape index (κ1) is 15.0. The van der Waals surface area contributed by atoms with E-state index in [4.69, 9.17) is 0 Å². The molecule has 0 radical (unpaired) electrons. The molecule has 4 nitrogen and oxygen atoms in total. The molecule has 3 rings (SSSR count). The molecule has 1 aromatic rings. The van der Waals surface area contributed by atoms with Crippen molar-refractivity contribution < 1.29 is 0 Å². The number of fused-ring (bicyclic) bond motifs is 2. The lowest BCUT2D eigenvalue weighted by atomic mass is 9.97. The molecule has 0 saturated carbocycles. The van der Waals surface area contributed by atoms with Crippen molar-refractivity contribution in [2.75, 3.05) is 6.54 Å². The lowest BCUT2D eigenvalue weighted by Gasteiger charge is -2.37. The molecule has 0 spiro atoms. The Balaban J connectivity index is 1.70. The summed E-state index contributed by atoms with van der Waals surface area (Å²) < 4.78 is 2.08. The van der Waals surface area contributed by atoms with Crippen LogP contribution in [-0.4, -0.2) is 39.4 Å². The number of hydrogen-bond acceptors (Lipinski definition) is 3. The maximum atomic E-state index is 4.61. The van der Waals surface area contributed by atoms with Gasteiger partial charge in [0, 0.05) is 31.7 Å². The molecule has 2 saturated heterocycles. The van der Waals surface area contributed by atoms with Gasteiger partial charge in [0.2, 0.25) is 0 Å². The van der Waals surface area contributed by atoms with Gasteiger partial charge in [0.05, 0.1) is 11.4 Å². The standard InChI is InChI=1S/C17H30N4/c1-4-8-21(12-17-9-13(5-2)19-20(17)3)16-10-14-6-7-15(11-16)18-14/h9,14-16,18H,4-8,10-12H2,1-3H3. The minimum atomic E-state index is 0.753. The summed E-state index contributed by atoms with van der Waals surface area (Å²) in [6.45, 7) is 6.74. The fourth-order valence-corrected chi connectivity index (χ4v) is 4.10. The second kappa shape index (κ2) is 6.49. The topological polar surface area (TPSA) is 33.1 Å². The largest absolute Gasteiger partial charge is 0.311 e. The molecule has 2 unspecified atom stereocenters. The predicted octanol–water partition coefficient (Wildman–Crippen LogP) is 2.48. The van der Waals surface area contributed by atoms with E-state index in [0.717, 1.165) is 31.1 Å². The number of rotatable bonds is 6. The van der Waals surface area contributed by atoms with Crippen LogP contribution in [0.4, 0.5) is 0 Å². The summed E-state index contributed by atoms with van der Waals surface area (Å²) in [4.78, 5) is 2.71. The molecule has 4 heteroatoms. The van der Waals surface area contributed by atoms with Crippen molar-refractivity contribution in [2.45, 2.75) is 77.0 Å². The van der Waals surface area contributed by atoms with Crippen LogP contribution in [0.1, 0.15) is 57.3 Å². The zero-order valence-corrected chi connectivity index (χ0v) is 13.8. The van der Waals surface area contributed by atoms with E-state index >= 15 is 0 Å². The molecule has 1 aromatic heterocycles. The van der Waals surface area contributed by atoms with E-state index < -0.39 is 0 Å². The third-order valence-electron chi connectivity index (χ3n) is 5.23. The molecular formula is C17H30N4. The van der Waals surface area contributed by atoms with Crippen molar-refractivity contribution in [3.8, 4) is 0 Å². The van der Waals surface area contributed by atoms with Crippen LogP contribution in [0, 0.1) is 0 Å². The maximum Gasteiger partial charge on any atom is 0.0625 e. The highest BCUT2D eigenvalue weighted by Gasteiger charge is 2.35. The summed E-state index contributed by atoms with van der Waals surface area (Å²) in [5, 5.41) is 8.37. The van der Waals surface area contributed by atoms with Crippen LogP contribution in [0.15, 0.2) is 6.07 Å². The molecule has 0 aromatic carbocycles. The van der Waals surface area contributed by atoms with Crippen molar-refractivity contribution in [3.63, 3.8) is 0 Å². The Hall–Kier alpha value is -0.870. The highest BCUT2D eigenvalue weighted by molar-refractivity contribution is 5.10. The van der Waals surface area contributed by atoms with E-state index in [-0.39, 0.29) is 0 Å². The summed E-state index contributed by atoms with van der Waals surface area (Å²) in [5.41, 5.74) is 2.58. The molecule has 2 atom stereocenters. The van der Waals surface area contributed by atoms with Gasteiger partial charge < -0.3 is 5.32 Å². The normalized spacial score (nSPS) is 28.5. The third kappa shape index (κ3) is 3.32. The highest BCUT2D eigenvalue weighted by atomic mass is 15.3. The van der Waals surface area contributed by atoms with Crippen molar-refractivity contribution in [3.05, 3.63) is 17.5 Å². The van der Waals surface area contributed by atoms with Crippen LogP contribution in [-0.2, 0) is 20.0 Å². The fourth-order valence-electron chi connectivity index (χ4n) is 4.10. The minimum absolute atomic E-state index is 0.753. The van der Waals surface area contributed by atoms with Gasteiger partial charge in [0.15, 0.2) is 0 Å². The van der Waals surface area contributed by atoms with Gasteiger partial charge in [-0.05, 0) is 51.1 Å². The fraction of sp³-hybridized carbons (Fsp3) is 0.824. The van der Waals surface area contributed by atoms with Crippen molar-refractivity contribution >= 4 is 0 Å². The van der Waals surface area contributed by atoms with Crippen LogP contribution in [0.25, 0.3) is 0 Å². The summed E-state index contributed by atoms with van der Waals surface area (Å²) in [6, 6.07) is 4.58. The molecule has 21 heavy (non-hydrogen) atoms. The van der Waals surface area contributed by atoms with Crippen LogP contribution in [0.2, 0.25) is 0 Å². The zero-order valence-electron chi connectivity index (χ0n) is 13.8. The molecule has 2 aliphatic rings. The lowest BCUT2D eigenvalue weighted by Crippen LogP contribution is -2.48. The molecule has 2 fully saturated rings. The number of aromatic nitrogens is 2. The summed E-state index contributed by atoms with van der Waals surface area (Å²) in [6.07, 6.45) is 7.68. The first-order valence-corrected chi connectivity index (χ1v) is 8.71. The van der Waals surface area contributed by atoms with Gasteiger partial charge in [-0.1, -0.05) is 13.8 Å². The predicted molar refractivity (Wildman–Crippen MR) is 86.3 cm³/mol. The van der Waals surface area contributed by atoms with E-state index in [0.29, 0.717) is 0 Å². The van der Waals surface area contributed by atoms with Gasteiger partial charge in [0.1, 0.15) is 0 Å². The van der Waals surface area contributed by atoms with E-state index in [9.17, 15) is 0 Å². The second-order valence-corrected chi connectivity index (χ2v) is 6.84. The van der Waals surface area contributed by atoms with Crippen molar-refractivity contribution in [1.29, 1.82) is 0 Å². The van der Waals surface area contributed by atoms with E-state index in [1.165, 1.54) is 50.0 Å². The van der Waals surface area contributed by atoms with Gasteiger partial charge in [-0.25, -0.2) is 0 Å². The van der Waals surface area contributed by atoms with E-state index in [1.807, 2.05) is 0 Å². The Labute approximate surface area is 128 Å². The summed E-state index contributed by atoms with van der Waals surface area (Å²) in [5.74, 6) is 0. The van der Waals surface area contributed by atoms with Crippen molar-refractivity contribution in [1.82, 2.24) is 20.0 Å². The molecular weight excluding hydrogens is 260 g/mol. The number of aryl methyl sites for hydroxylation is 2. The lowest BCUT2D eigenvalue weighted by molar-refractivity contribution is 0.131. The highest BCUT2D eigenvalue weighted by Crippen LogP contribution is 2.30. The molecule has 0 amide bonds. The first-order chi connectivity index (χ1) is 10.2. The summed E-state index contributed by atoms with van der Waals surface area (Å²) in [7, 11) is 2.09. The number of nitrogens with zero attached hydrogens (tertiary/aromatic N) is 3. The van der Waals surface area contributed by atoms with Crippen LogP contribution < -0.4 is 5.32 Å². The Morgan fingerprint density at radius 2 is 2.00 bits per heavy atom. The molecule has 3 heterocycles. The smallest absolute Gasteiger partial charge is 0.0625 e. The van der Waals surface area contributed by atoms with Gasteiger partial charge >= 0.3 is 0 Å². The minimum Gasteiger partial charge on any atom is -0.311 e. The van der Waals surface area contributed by atoms with Gasteiger partial charge in [0.25, 0.3) is 0 Å². The molecule has 2 bridgehead atoms. The average molecular weight is 290 g/mol. The Bertz CT molecular complexity index is 455. The van der Waals surface area contributed by atoms with Gasteiger partial charge in [-0.15, -0.1) is 0 Å². The summed E-state index contributed by atoms with van der Waals surface area (Å²) >= 11 is 0. The maximum absolute atomic E-state index is 4.61. The van der Waals surface area contributed by atoms with Crippen LogP contribution >= 0.6 is 0 Å². The van der Waals surface area contributed by atoms with Gasteiger partial charge in [-0.2, -0.15) is 5.10 Å². The van der Waals surface area contributed by atoms with Gasteiger partial charge in [-0.3, -0.25) is 9.58 Å².